The zero-order valence-electron chi connectivity index (χ0n) is 13.9. The molecule has 27 heavy (non-hydrogen) atoms. The number of aromatic nitrogens is 4. The van der Waals surface area contributed by atoms with Crippen LogP contribution in [0.3, 0.4) is 0 Å². The number of hydrogen-bond donors (Lipinski definition) is 2. The number of carbonyl (C=O) groups is 2. The molecule has 0 spiro atoms. The molecule has 2 N–H and O–H groups in total. The first-order valence-electron chi connectivity index (χ1n) is 7.89. The topological polar surface area (TPSA) is 102 Å². The Hall–Kier alpha value is -3.69. The lowest BCUT2D eigenvalue weighted by Crippen LogP contribution is -2.28. The van der Waals surface area contributed by atoms with Gasteiger partial charge in [0.1, 0.15) is 18.0 Å². The Balaban J connectivity index is 1.47. The van der Waals surface area contributed by atoms with Gasteiger partial charge in [-0.1, -0.05) is 0 Å². The highest BCUT2D eigenvalue weighted by atomic mass is 19.1. The van der Waals surface area contributed by atoms with E-state index in [9.17, 15) is 18.4 Å². The fourth-order valence-corrected chi connectivity index (χ4v) is 2.26. The lowest BCUT2D eigenvalue weighted by atomic mass is 10.2. The highest BCUT2D eigenvalue weighted by Gasteiger charge is 2.12. The van der Waals surface area contributed by atoms with E-state index in [1.54, 1.807) is 24.3 Å². The summed E-state index contributed by atoms with van der Waals surface area (Å²) in [4.78, 5) is 23.8. The largest absolute Gasteiger partial charge is 0.351 e. The molecular weight excluding hydrogens is 358 g/mol. The first kappa shape index (κ1) is 18.1. The second-order valence-corrected chi connectivity index (χ2v) is 5.48. The second-order valence-electron chi connectivity index (χ2n) is 5.48. The molecule has 2 aromatic carbocycles. The highest BCUT2D eigenvalue weighted by molar-refractivity contribution is 5.95. The van der Waals surface area contributed by atoms with Crippen molar-refractivity contribution in [1.82, 2.24) is 25.5 Å². The van der Waals surface area contributed by atoms with E-state index in [1.807, 2.05) is 0 Å². The molecule has 3 aromatic rings. The number of anilines is 1. The number of nitrogens with one attached hydrogen (secondary N) is 2. The van der Waals surface area contributed by atoms with Gasteiger partial charge in [-0.3, -0.25) is 9.59 Å². The molecule has 1 heterocycles. The number of nitrogens with zero attached hydrogens (tertiary/aromatic N) is 4. The van der Waals surface area contributed by atoms with Gasteiger partial charge in [0.2, 0.25) is 5.91 Å². The van der Waals surface area contributed by atoms with E-state index in [1.165, 1.54) is 11.0 Å². The summed E-state index contributed by atoms with van der Waals surface area (Å²) in [6.07, 6.45) is 1.43. The van der Waals surface area contributed by atoms with E-state index in [0.29, 0.717) is 11.8 Å². The minimum atomic E-state index is -0.959. The molecule has 0 aliphatic heterocycles. The maximum absolute atomic E-state index is 13.5. The molecular formula is C17H14F2N6O2. The van der Waals surface area contributed by atoms with Crippen LogP contribution in [0.15, 0.2) is 48.8 Å². The first-order chi connectivity index (χ1) is 13.0. The van der Waals surface area contributed by atoms with Crippen LogP contribution >= 0.6 is 0 Å². The summed E-state index contributed by atoms with van der Waals surface area (Å²) in [5.74, 6) is -2.77. The summed E-state index contributed by atoms with van der Waals surface area (Å²) < 4.78 is 27.8. The number of halogens is 2. The average molecular weight is 372 g/mol. The molecule has 0 aliphatic rings. The minimum Gasteiger partial charge on any atom is -0.351 e. The van der Waals surface area contributed by atoms with Crippen LogP contribution in [0.2, 0.25) is 0 Å². The van der Waals surface area contributed by atoms with E-state index in [4.69, 9.17) is 0 Å². The van der Waals surface area contributed by atoms with Crippen LogP contribution in [0.25, 0.3) is 5.69 Å². The molecule has 0 saturated heterocycles. The molecule has 0 fully saturated rings. The predicted octanol–water partition coefficient (Wildman–Crippen LogP) is 1.70. The van der Waals surface area contributed by atoms with Crippen molar-refractivity contribution < 1.29 is 18.4 Å². The molecule has 0 aliphatic carbocycles. The number of benzene rings is 2. The van der Waals surface area contributed by atoms with Crippen molar-refractivity contribution in [2.24, 2.45) is 0 Å². The van der Waals surface area contributed by atoms with E-state index < -0.39 is 17.5 Å². The monoisotopic (exact) mass is 372 g/mol. The summed E-state index contributed by atoms with van der Waals surface area (Å²) in [5, 5.41) is 15.9. The SMILES string of the molecule is O=C(CCNC(=O)c1ccc(F)cc1F)Nc1ccc(-n2cnnn2)cc1. The van der Waals surface area contributed by atoms with Crippen molar-refractivity contribution in [2.45, 2.75) is 6.42 Å². The van der Waals surface area contributed by atoms with Gasteiger partial charge in [0.05, 0.1) is 11.3 Å². The van der Waals surface area contributed by atoms with Crippen molar-refractivity contribution in [3.05, 3.63) is 66.0 Å². The van der Waals surface area contributed by atoms with Crippen molar-refractivity contribution in [3.63, 3.8) is 0 Å². The molecule has 0 atom stereocenters. The quantitative estimate of drug-likeness (QED) is 0.686. The van der Waals surface area contributed by atoms with Gasteiger partial charge in [-0.2, -0.15) is 0 Å². The number of amides is 2. The smallest absolute Gasteiger partial charge is 0.254 e. The van der Waals surface area contributed by atoms with Crippen molar-refractivity contribution in [2.75, 3.05) is 11.9 Å². The third-order valence-electron chi connectivity index (χ3n) is 3.58. The van der Waals surface area contributed by atoms with Crippen LogP contribution in [-0.2, 0) is 4.79 Å². The number of tetrazole rings is 1. The van der Waals surface area contributed by atoms with Gasteiger partial charge in [0.15, 0.2) is 0 Å². The summed E-state index contributed by atoms with van der Waals surface area (Å²) in [6, 6.07) is 9.48. The normalized spacial score (nSPS) is 10.4. The van der Waals surface area contributed by atoms with Crippen LogP contribution in [-0.4, -0.2) is 38.6 Å². The van der Waals surface area contributed by atoms with Crippen molar-refractivity contribution in [1.29, 1.82) is 0 Å². The standard InChI is InChI=1S/C17H14F2N6O2/c18-11-1-6-14(15(19)9-11)17(27)20-8-7-16(26)22-12-2-4-13(5-3-12)25-10-21-23-24-25/h1-6,9-10H,7-8H2,(H,20,27)(H,22,26). The second kappa shape index (κ2) is 8.13. The number of rotatable bonds is 6. The molecule has 138 valence electrons. The zero-order chi connectivity index (χ0) is 19.2. The van der Waals surface area contributed by atoms with Gasteiger partial charge >= 0.3 is 0 Å². The van der Waals surface area contributed by atoms with E-state index in [0.717, 1.165) is 17.8 Å². The Morgan fingerprint density at radius 1 is 1.07 bits per heavy atom. The zero-order valence-corrected chi connectivity index (χ0v) is 13.9. The molecule has 2 amide bonds. The fourth-order valence-electron chi connectivity index (χ4n) is 2.26. The summed E-state index contributed by atoms with van der Waals surface area (Å²) in [6.45, 7) is 0.00416. The predicted molar refractivity (Wildman–Crippen MR) is 91.1 cm³/mol. The van der Waals surface area contributed by atoms with Crippen LogP contribution in [0.5, 0.6) is 0 Å². The van der Waals surface area contributed by atoms with Gasteiger partial charge in [0.25, 0.3) is 5.91 Å². The molecule has 8 nitrogen and oxygen atoms in total. The molecule has 3 rings (SSSR count). The molecule has 0 unspecified atom stereocenters. The minimum absolute atomic E-state index is 0.00416. The van der Waals surface area contributed by atoms with E-state index in [2.05, 4.69) is 26.2 Å². The molecule has 10 heteroatoms. The van der Waals surface area contributed by atoms with Crippen molar-refractivity contribution in [3.8, 4) is 5.69 Å². The van der Waals surface area contributed by atoms with Crippen LogP contribution in [0.4, 0.5) is 14.5 Å². The summed E-state index contributed by atoms with van der Waals surface area (Å²) in [7, 11) is 0. The maximum Gasteiger partial charge on any atom is 0.254 e. The van der Waals surface area contributed by atoms with Gasteiger partial charge < -0.3 is 10.6 Å². The van der Waals surface area contributed by atoms with Crippen molar-refractivity contribution >= 4 is 17.5 Å². The number of hydrogen-bond acceptors (Lipinski definition) is 5. The Kier molecular flexibility index (Phi) is 5.45. The van der Waals surface area contributed by atoms with E-state index >= 15 is 0 Å². The van der Waals surface area contributed by atoms with Gasteiger partial charge in [0, 0.05) is 24.7 Å². The van der Waals surface area contributed by atoms with Crippen LogP contribution < -0.4 is 10.6 Å². The molecule has 0 radical (unpaired) electrons. The Bertz CT molecular complexity index is 945. The lowest BCUT2D eigenvalue weighted by Gasteiger charge is -2.08. The average Bonchev–Trinajstić information content (AvgIpc) is 3.17. The molecule has 1 aromatic heterocycles. The fraction of sp³-hybridized carbons (Fsp3) is 0.118. The first-order valence-corrected chi connectivity index (χ1v) is 7.89. The maximum atomic E-state index is 13.5. The van der Waals surface area contributed by atoms with Crippen LogP contribution in [0, 0.1) is 11.6 Å². The summed E-state index contributed by atoms with van der Waals surface area (Å²) in [5.41, 5.74) is 1.01. The molecule has 0 bridgehead atoms. The summed E-state index contributed by atoms with van der Waals surface area (Å²) >= 11 is 0. The molecule has 0 saturated carbocycles. The van der Waals surface area contributed by atoms with Gasteiger partial charge in [-0.05, 0) is 46.8 Å². The Morgan fingerprint density at radius 3 is 2.52 bits per heavy atom. The van der Waals surface area contributed by atoms with Gasteiger partial charge in [-0.25, -0.2) is 13.5 Å². The third-order valence-corrected chi connectivity index (χ3v) is 3.58. The van der Waals surface area contributed by atoms with Gasteiger partial charge in [-0.15, -0.1) is 5.10 Å². The number of carbonyl (C=O) groups excluding carboxylic acids is 2. The Labute approximate surface area is 152 Å². The lowest BCUT2D eigenvalue weighted by molar-refractivity contribution is -0.116. The van der Waals surface area contributed by atoms with Crippen LogP contribution in [0.1, 0.15) is 16.8 Å². The third kappa shape index (κ3) is 4.69. The Morgan fingerprint density at radius 2 is 1.85 bits per heavy atom. The van der Waals surface area contributed by atoms with E-state index in [-0.39, 0.29) is 24.4 Å². The highest BCUT2D eigenvalue weighted by Crippen LogP contribution is 2.12.